The Bertz CT molecular complexity index is 274. The molecular formula is C16H27NO. The van der Waals surface area contributed by atoms with Gasteiger partial charge in [0, 0.05) is 18.8 Å². The molecule has 0 radical (unpaired) electrons. The second-order valence-electron chi connectivity index (χ2n) is 4.84. The highest BCUT2D eigenvalue weighted by molar-refractivity contribution is 5.42. The molecule has 2 N–H and O–H groups in total. The minimum atomic E-state index is 0.352. The zero-order chi connectivity index (χ0) is 12.9. The normalized spacial score (nSPS) is 10.5. The number of unbranched alkanes of at least 4 members (excludes halogenated alkanes) is 7. The highest BCUT2D eigenvalue weighted by atomic mass is 16.2. The molecule has 0 saturated heterocycles. The van der Waals surface area contributed by atoms with Gasteiger partial charge in [0.1, 0.15) is 0 Å². The van der Waals surface area contributed by atoms with E-state index in [2.05, 4.69) is 29.6 Å². The van der Waals surface area contributed by atoms with E-state index in [1.807, 2.05) is 6.07 Å². The maximum Gasteiger partial charge on any atom is 0.0431 e. The number of benzene rings is 1. The summed E-state index contributed by atoms with van der Waals surface area (Å²) in [6, 6.07) is 10.4. The van der Waals surface area contributed by atoms with Gasteiger partial charge in [-0.3, -0.25) is 0 Å². The molecular weight excluding hydrogens is 222 g/mol. The van der Waals surface area contributed by atoms with Crippen LogP contribution in [0, 0.1) is 0 Å². The first-order valence-corrected chi connectivity index (χ1v) is 7.33. The minimum Gasteiger partial charge on any atom is -0.396 e. The third-order valence-corrected chi connectivity index (χ3v) is 3.19. The quantitative estimate of drug-likeness (QED) is 0.576. The van der Waals surface area contributed by atoms with Gasteiger partial charge in [0.05, 0.1) is 0 Å². The van der Waals surface area contributed by atoms with E-state index in [-0.39, 0.29) is 0 Å². The van der Waals surface area contributed by atoms with Crippen LogP contribution in [-0.2, 0) is 0 Å². The molecule has 0 aliphatic carbocycles. The van der Waals surface area contributed by atoms with Crippen molar-refractivity contribution in [3.05, 3.63) is 30.3 Å². The summed E-state index contributed by atoms with van der Waals surface area (Å²) in [5.74, 6) is 0. The van der Waals surface area contributed by atoms with E-state index in [9.17, 15) is 0 Å². The van der Waals surface area contributed by atoms with Crippen molar-refractivity contribution in [2.75, 3.05) is 18.5 Å². The molecule has 1 aromatic carbocycles. The third kappa shape index (κ3) is 8.13. The highest BCUT2D eigenvalue weighted by Crippen LogP contribution is 2.09. The topological polar surface area (TPSA) is 32.3 Å². The molecule has 1 rings (SSSR count). The van der Waals surface area contributed by atoms with Crippen molar-refractivity contribution >= 4 is 5.69 Å². The maximum atomic E-state index is 8.65. The van der Waals surface area contributed by atoms with Crippen molar-refractivity contribution in [2.45, 2.75) is 51.4 Å². The second-order valence-corrected chi connectivity index (χ2v) is 4.84. The number of para-hydroxylation sites is 1. The van der Waals surface area contributed by atoms with E-state index in [1.54, 1.807) is 0 Å². The van der Waals surface area contributed by atoms with Crippen LogP contribution in [0.2, 0.25) is 0 Å². The SMILES string of the molecule is OCCCCCCCCCCNc1ccccc1. The minimum absolute atomic E-state index is 0.352. The Hall–Kier alpha value is -1.02. The average Bonchev–Trinajstić information content (AvgIpc) is 2.42. The number of anilines is 1. The Morgan fingerprint density at radius 2 is 1.28 bits per heavy atom. The molecule has 1 aromatic rings. The second kappa shape index (κ2) is 11.1. The fourth-order valence-electron chi connectivity index (χ4n) is 2.09. The van der Waals surface area contributed by atoms with Crippen molar-refractivity contribution in [1.29, 1.82) is 0 Å². The number of hydrogen-bond acceptors (Lipinski definition) is 2. The van der Waals surface area contributed by atoms with Crippen molar-refractivity contribution in [1.82, 2.24) is 0 Å². The van der Waals surface area contributed by atoms with E-state index in [4.69, 9.17) is 5.11 Å². The zero-order valence-electron chi connectivity index (χ0n) is 11.4. The summed E-state index contributed by atoms with van der Waals surface area (Å²) in [5, 5.41) is 12.1. The monoisotopic (exact) mass is 249 g/mol. The molecule has 0 saturated carbocycles. The van der Waals surface area contributed by atoms with Crippen molar-refractivity contribution in [3.8, 4) is 0 Å². The van der Waals surface area contributed by atoms with Crippen LogP contribution < -0.4 is 5.32 Å². The number of rotatable bonds is 11. The Kier molecular flexibility index (Phi) is 9.27. The number of hydrogen-bond donors (Lipinski definition) is 2. The first-order chi connectivity index (χ1) is 8.93. The molecule has 18 heavy (non-hydrogen) atoms. The van der Waals surface area contributed by atoms with Gasteiger partial charge in [0.2, 0.25) is 0 Å². The Balaban J connectivity index is 1.82. The predicted molar refractivity (Wildman–Crippen MR) is 79.0 cm³/mol. The number of nitrogens with one attached hydrogen (secondary N) is 1. The van der Waals surface area contributed by atoms with Gasteiger partial charge in [-0.25, -0.2) is 0 Å². The molecule has 0 spiro atoms. The van der Waals surface area contributed by atoms with Gasteiger partial charge in [-0.05, 0) is 25.0 Å². The Morgan fingerprint density at radius 3 is 1.89 bits per heavy atom. The van der Waals surface area contributed by atoms with Crippen LogP contribution in [0.3, 0.4) is 0 Å². The molecule has 0 amide bonds. The fourth-order valence-corrected chi connectivity index (χ4v) is 2.09. The first kappa shape index (κ1) is 15.0. The van der Waals surface area contributed by atoms with E-state index in [1.165, 1.54) is 50.6 Å². The van der Waals surface area contributed by atoms with Crippen LogP contribution in [0.4, 0.5) is 5.69 Å². The first-order valence-electron chi connectivity index (χ1n) is 7.33. The lowest BCUT2D eigenvalue weighted by Gasteiger charge is -2.05. The number of aliphatic hydroxyl groups excluding tert-OH is 1. The average molecular weight is 249 g/mol. The van der Waals surface area contributed by atoms with E-state index in [0.29, 0.717) is 6.61 Å². The summed E-state index contributed by atoms with van der Waals surface area (Å²) in [6.07, 6.45) is 10.0. The molecule has 0 aromatic heterocycles. The molecule has 2 nitrogen and oxygen atoms in total. The molecule has 0 unspecified atom stereocenters. The van der Waals surface area contributed by atoms with E-state index < -0.39 is 0 Å². The van der Waals surface area contributed by atoms with Gasteiger partial charge in [0.25, 0.3) is 0 Å². The summed E-state index contributed by atoms with van der Waals surface area (Å²) < 4.78 is 0. The predicted octanol–water partition coefficient (Wildman–Crippen LogP) is 4.21. The van der Waals surface area contributed by atoms with Crippen LogP contribution in [0.5, 0.6) is 0 Å². The molecule has 0 fully saturated rings. The standard InChI is InChI=1S/C16H27NO/c18-15-11-6-4-2-1-3-5-10-14-17-16-12-8-7-9-13-16/h7-9,12-13,17-18H,1-6,10-11,14-15H2. The van der Waals surface area contributed by atoms with Gasteiger partial charge in [-0.15, -0.1) is 0 Å². The maximum absolute atomic E-state index is 8.65. The van der Waals surface area contributed by atoms with Crippen LogP contribution in [0.15, 0.2) is 30.3 Å². The van der Waals surface area contributed by atoms with Gasteiger partial charge in [0.15, 0.2) is 0 Å². The van der Waals surface area contributed by atoms with Crippen LogP contribution in [0.25, 0.3) is 0 Å². The summed E-state index contributed by atoms with van der Waals surface area (Å²) >= 11 is 0. The molecule has 2 heteroatoms. The highest BCUT2D eigenvalue weighted by Gasteiger charge is 1.93. The van der Waals surface area contributed by atoms with Crippen LogP contribution >= 0.6 is 0 Å². The largest absolute Gasteiger partial charge is 0.396 e. The molecule has 0 aliphatic heterocycles. The van der Waals surface area contributed by atoms with Crippen LogP contribution in [-0.4, -0.2) is 18.3 Å². The lowest BCUT2D eigenvalue weighted by molar-refractivity contribution is 0.282. The lowest BCUT2D eigenvalue weighted by atomic mass is 10.1. The summed E-state index contributed by atoms with van der Waals surface area (Å²) in [6.45, 7) is 1.43. The summed E-state index contributed by atoms with van der Waals surface area (Å²) in [4.78, 5) is 0. The van der Waals surface area contributed by atoms with Gasteiger partial charge in [-0.2, -0.15) is 0 Å². The Morgan fingerprint density at radius 1 is 0.722 bits per heavy atom. The van der Waals surface area contributed by atoms with E-state index >= 15 is 0 Å². The lowest BCUT2D eigenvalue weighted by Crippen LogP contribution is -2.00. The molecule has 0 atom stereocenters. The van der Waals surface area contributed by atoms with Gasteiger partial charge >= 0.3 is 0 Å². The van der Waals surface area contributed by atoms with Crippen molar-refractivity contribution < 1.29 is 5.11 Å². The molecule has 0 bridgehead atoms. The fraction of sp³-hybridized carbons (Fsp3) is 0.625. The number of aliphatic hydroxyl groups is 1. The Labute approximate surface area is 111 Å². The molecule has 0 heterocycles. The van der Waals surface area contributed by atoms with Crippen LogP contribution in [0.1, 0.15) is 51.4 Å². The molecule has 102 valence electrons. The van der Waals surface area contributed by atoms with Crippen molar-refractivity contribution in [2.24, 2.45) is 0 Å². The third-order valence-electron chi connectivity index (χ3n) is 3.19. The summed E-state index contributed by atoms with van der Waals surface area (Å²) in [5.41, 5.74) is 1.22. The smallest absolute Gasteiger partial charge is 0.0431 e. The molecule has 0 aliphatic rings. The summed E-state index contributed by atoms with van der Waals surface area (Å²) in [7, 11) is 0. The van der Waals surface area contributed by atoms with Gasteiger partial charge in [-0.1, -0.05) is 56.7 Å². The zero-order valence-corrected chi connectivity index (χ0v) is 11.4. The van der Waals surface area contributed by atoms with Crippen molar-refractivity contribution in [3.63, 3.8) is 0 Å². The van der Waals surface area contributed by atoms with E-state index in [0.717, 1.165) is 13.0 Å². The van der Waals surface area contributed by atoms with Gasteiger partial charge < -0.3 is 10.4 Å².